The molecule has 25 heavy (non-hydrogen) atoms. The molecule has 7 heteroatoms. The SMILES string of the molecule is Cc1ccc(NCc2nc(CC(=O)NCc3cccnc3)n[nH]2)cc1. The molecule has 1 aromatic carbocycles. The van der Waals surface area contributed by atoms with Crippen molar-refractivity contribution in [3.63, 3.8) is 0 Å². The summed E-state index contributed by atoms with van der Waals surface area (Å²) in [5, 5.41) is 13.0. The van der Waals surface area contributed by atoms with Gasteiger partial charge in [0.2, 0.25) is 5.91 Å². The lowest BCUT2D eigenvalue weighted by molar-refractivity contribution is -0.120. The van der Waals surface area contributed by atoms with Crippen LogP contribution in [0.25, 0.3) is 0 Å². The van der Waals surface area contributed by atoms with Crippen LogP contribution in [-0.4, -0.2) is 26.1 Å². The number of anilines is 1. The van der Waals surface area contributed by atoms with Crippen molar-refractivity contribution in [2.45, 2.75) is 26.4 Å². The average Bonchev–Trinajstić information content (AvgIpc) is 3.08. The van der Waals surface area contributed by atoms with Crippen LogP contribution in [-0.2, 0) is 24.3 Å². The van der Waals surface area contributed by atoms with Gasteiger partial charge in [-0.25, -0.2) is 4.98 Å². The van der Waals surface area contributed by atoms with Crippen molar-refractivity contribution in [2.24, 2.45) is 0 Å². The van der Waals surface area contributed by atoms with Crippen molar-refractivity contribution in [1.29, 1.82) is 0 Å². The van der Waals surface area contributed by atoms with Crippen LogP contribution in [0.15, 0.2) is 48.8 Å². The molecular formula is C18H20N6O. The number of pyridine rings is 1. The minimum absolute atomic E-state index is 0.124. The van der Waals surface area contributed by atoms with E-state index in [1.54, 1.807) is 12.4 Å². The van der Waals surface area contributed by atoms with Crippen LogP contribution in [0.4, 0.5) is 5.69 Å². The van der Waals surface area contributed by atoms with Gasteiger partial charge in [-0.3, -0.25) is 14.9 Å². The summed E-state index contributed by atoms with van der Waals surface area (Å²) in [6, 6.07) is 11.9. The van der Waals surface area contributed by atoms with E-state index >= 15 is 0 Å². The third-order valence-electron chi connectivity index (χ3n) is 3.62. The molecule has 3 aromatic rings. The zero-order valence-electron chi connectivity index (χ0n) is 14.0. The number of H-pyrrole nitrogens is 1. The number of hydrogen-bond donors (Lipinski definition) is 3. The van der Waals surface area contributed by atoms with Crippen LogP contribution in [0.2, 0.25) is 0 Å². The van der Waals surface area contributed by atoms with E-state index in [-0.39, 0.29) is 12.3 Å². The number of nitrogens with one attached hydrogen (secondary N) is 3. The molecular weight excluding hydrogens is 316 g/mol. The monoisotopic (exact) mass is 336 g/mol. The molecule has 0 spiro atoms. The first-order valence-electron chi connectivity index (χ1n) is 8.05. The third kappa shape index (κ3) is 5.13. The van der Waals surface area contributed by atoms with Gasteiger partial charge < -0.3 is 10.6 Å². The molecule has 0 aliphatic heterocycles. The zero-order chi connectivity index (χ0) is 17.5. The number of aromatic amines is 1. The van der Waals surface area contributed by atoms with Crippen molar-refractivity contribution in [3.05, 3.63) is 71.6 Å². The van der Waals surface area contributed by atoms with E-state index < -0.39 is 0 Å². The summed E-state index contributed by atoms with van der Waals surface area (Å²) in [6.07, 6.45) is 3.56. The molecule has 0 bridgehead atoms. The fourth-order valence-corrected chi connectivity index (χ4v) is 2.26. The van der Waals surface area contributed by atoms with Gasteiger partial charge >= 0.3 is 0 Å². The summed E-state index contributed by atoms with van der Waals surface area (Å²) in [4.78, 5) is 20.3. The summed E-state index contributed by atoms with van der Waals surface area (Å²) in [6.45, 7) is 3.01. The quantitative estimate of drug-likeness (QED) is 0.613. The first-order valence-corrected chi connectivity index (χ1v) is 8.05. The lowest BCUT2D eigenvalue weighted by atomic mass is 10.2. The summed E-state index contributed by atoms with van der Waals surface area (Å²) in [7, 11) is 0. The number of benzene rings is 1. The predicted octanol–water partition coefficient (Wildman–Crippen LogP) is 1.98. The van der Waals surface area contributed by atoms with E-state index in [1.807, 2.05) is 43.3 Å². The standard InChI is InChI=1S/C18H20N6O/c1-13-4-6-15(7-5-13)20-12-17-22-16(23-24-17)9-18(25)21-11-14-3-2-8-19-10-14/h2-8,10,20H,9,11-12H2,1H3,(H,21,25)(H,22,23,24). The van der Waals surface area contributed by atoms with Gasteiger partial charge in [0.15, 0.2) is 5.82 Å². The lowest BCUT2D eigenvalue weighted by Gasteiger charge is -2.04. The van der Waals surface area contributed by atoms with E-state index in [0.717, 1.165) is 11.3 Å². The molecule has 0 aliphatic carbocycles. The number of aromatic nitrogens is 4. The maximum absolute atomic E-state index is 12.0. The van der Waals surface area contributed by atoms with Gasteiger partial charge in [0.25, 0.3) is 0 Å². The first-order chi connectivity index (χ1) is 12.2. The molecule has 0 atom stereocenters. The molecule has 3 N–H and O–H groups in total. The maximum atomic E-state index is 12.0. The van der Waals surface area contributed by atoms with Gasteiger partial charge in [-0.1, -0.05) is 23.8 Å². The van der Waals surface area contributed by atoms with Crippen molar-refractivity contribution >= 4 is 11.6 Å². The van der Waals surface area contributed by atoms with Crippen LogP contribution in [0.1, 0.15) is 22.8 Å². The number of nitrogens with zero attached hydrogens (tertiary/aromatic N) is 3. The maximum Gasteiger partial charge on any atom is 0.228 e. The Morgan fingerprint density at radius 1 is 1.16 bits per heavy atom. The Kier molecular flexibility index (Phi) is 5.36. The normalized spacial score (nSPS) is 10.4. The Morgan fingerprint density at radius 2 is 2.00 bits per heavy atom. The number of carbonyl (C=O) groups is 1. The summed E-state index contributed by atoms with van der Waals surface area (Å²) >= 11 is 0. The summed E-state index contributed by atoms with van der Waals surface area (Å²) < 4.78 is 0. The molecule has 0 saturated carbocycles. The van der Waals surface area contributed by atoms with Crippen molar-refractivity contribution in [1.82, 2.24) is 25.5 Å². The molecule has 2 heterocycles. The Hall–Kier alpha value is -3.22. The van der Waals surface area contributed by atoms with Crippen molar-refractivity contribution in [3.8, 4) is 0 Å². The van der Waals surface area contributed by atoms with Gasteiger partial charge in [-0.2, -0.15) is 5.10 Å². The fourth-order valence-electron chi connectivity index (χ4n) is 2.26. The molecule has 128 valence electrons. The fraction of sp³-hybridized carbons (Fsp3) is 0.222. The smallest absolute Gasteiger partial charge is 0.228 e. The van der Waals surface area contributed by atoms with Crippen LogP contribution < -0.4 is 10.6 Å². The number of rotatable bonds is 7. The predicted molar refractivity (Wildman–Crippen MR) is 94.7 cm³/mol. The molecule has 3 rings (SSSR count). The number of aryl methyl sites for hydroxylation is 1. The molecule has 0 fully saturated rings. The van der Waals surface area contributed by atoms with Gasteiger partial charge in [0, 0.05) is 24.6 Å². The van der Waals surface area contributed by atoms with Crippen LogP contribution in [0.5, 0.6) is 0 Å². The first kappa shape index (κ1) is 16.6. The van der Waals surface area contributed by atoms with E-state index in [1.165, 1.54) is 5.56 Å². The molecule has 0 unspecified atom stereocenters. The third-order valence-corrected chi connectivity index (χ3v) is 3.62. The van der Waals surface area contributed by atoms with E-state index in [0.29, 0.717) is 24.7 Å². The second-order valence-corrected chi connectivity index (χ2v) is 5.73. The zero-order valence-corrected chi connectivity index (χ0v) is 14.0. The highest BCUT2D eigenvalue weighted by Gasteiger charge is 2.09. The van der Waals surface area contributed by atoms with Gasteiger partial charge in [0.05, 0.1) is 13.0 Å². The highest BCUT2D eigenvalue weighted by Crippen LogP contribution is 2.09. The molecule has 0 radical (unpaired) electrons. The minimum Gasteiger partial charge on any atom is -0.378 e. The van der Waals surface area contributed by atoms with Crippen LogP contribution >= 0.6 is 0 Å². The Labute approximate surface area is 145 Å². The Balaban J connectivity index is 1.46. The van der Waals surface area contributed by atoms with Crippen LogP contribution in [0, 0.1) is 6.92 Å². The second-order valence-electron chi connectivity index (χ2n) is 5.73. The molecule has 1 amide bonds. The molecule has 2 aromatic heterocycles. The highest BCUT2D eigenvalue weighted by molar-refractivity contribution is 5.77. The largest absolute Gasteiger partial charge is 0.378 e. The number of hydrogen-bond acceptors (Lipinski definition) is 5. The van der Waals surface area contributed by atoms with E-state index in [2.05, 4.69) is 30.8 Å². The summed E-state index contributed by atoms with van der Waals surface area (Å²) in [5.74, 6) is 1.04. The average molecular weight is 336 g/mol. The summed E-state index contributed by atoms with van der Waals surface area (Å²) in [5.41, 5.74) is 3.18. The highest BCUT2D eigenvalue weighted by atomic mass is 16.1. The van der Waals surface area contributed by atoms with Crippen molar-refractivity contribution in [2.75, 3.05) is 5.32 Å². The van der Waals surface area contributed by atoms with Crippen molar-refractivity contribution < 1.29 is 4.79 Å². The number of amides is 1. The molecule has 0 saturated heterocycles. The number of carbonyl (C=O) groups excluding carboxylic acids is 1. The van der Waals surface area contributed by atoms with Gasteiger partial charge in [0.1, 0.15) is 5.82 Å². The lowest BCUT2D eigenvalue weighted by Crippen LogP contribution is -2.25. The Morgan fingerprint density at radius 3 is 2.76 bits per heavy atom. The minimum atomic E-state index is -0.124. The van der Waals surface area contributed by atoms with E-state index in [4.69, 9.17) is 0 Å². The van der Waals surface area contributed by atoms with E-state index in [9.17, 15) is 4.79 Å². The van der Waals surface area contributed by atoms with Gasteiger partial charge in [-0.05, 0) is 30.7 Å². The molecule has 0 aliphatic rings. The second kappa shape index (κ2) is 8.05. The Bertz CT molecular complexity index is 813. The van der Waals surface area contributed by atoms with Crippen LogP contribution in [0.3, 0.4) is 0 Å². The topological polar surface area (TPSA) is 95.6 Å². The molecule has 7 nitrogen and oxygen atoms in total. The van der Waals surface area contributed by atoms with Gasteiger partial charge in [-0.15, -0.1) is 0 Å².